The van der Waals surface area contributed by atoms with E-state index in [1.165, 1.54) is 0 Å². The predicted octanol–water partition coefficient (Wildman–Crippen LogP) is 2.79. The fraction of sp³-hybridized carbons (Fsp3) is 0.538. The minimum atomic E-state index is 0.244. The van der Waals surface area contributed by atoms with E-state index in [0.717, 1.165) is 38.0 Å². The number of hydrazine groups is 1. The number of ether oxygens (including phenoxy) is 1. The predicted molar refractivity (Wildman–Crippen MR) is 74.8 cm³/mol. The molecule has 2 rings (SSSR count). The van der Waals surface area contributed by atoms with Gasteiger partial charge in [0.25, 0.3) is 0 Å². The SMILES string of the molecule is NNC(Cc1ccc(Cl)c(Cl)c1)CC1CCOC1. The molecule has 18 heavy (non-hydrogen) atoms. The second kappa shape index (κ2) is 6.73. The molecule has 3 nitrogen and oxygen atoms in total. The van der Waals surface area contributed by atoms with E-state index in [1.807, 2.05) is 18.2 Å². The van der Waals surface area contributed by atoms with E-state index in [1.54, 1.807) is 0 Å². The van der Waals surface area contributed by atoms with Crippen LogP contribution in [-0.4, -0.2) is 19.3 Å². The van der Waals surface area contributed by atoms with Gasteiger partial charge in [-0.05, 0) is 42.9 Å². The molecule has 0 spiro atoms. The molecule has 0 bridgehead atoms. The summed E-state index contributed by atoms with van der Waals surface area (Å²) in [7, 11) is 0. The van der Waals surface area contributed by atoms with E-state index >= 15 is 0 Å². The van der Waals surface area contributed by atoms with E-state index in [9.17, 15) is 0 Å². The minimum absolute atomic E-state index is 0.244. The van der Waals surface area contributed by atoms with E-state index in [2.05, 4.69) is 5.43 Å². The lowest BCUT2D eigenvalue weighted by atomic mass is 9.95. The Morgan fingerprint density at radius 2 is 2.22 bits per heavy atom. The van der Waals surface area contributed by atoms with Gasteiger partial charge < -0.3 is 4.74 Å². The molecule has 1 fully saturated rings. The van der Waals surface area contributed by atoms with Gasteiger partial charge in [-0.15, -0.1) is 0 Å². The van der Waals surface area contributed by atoms with Gasteiger partial charge in [0.05, 0.1) is 10.0 Å². The molecule has 1 aliphatic heterocycles. The zero-order chi connectivity index (χ0) is 13.0. The van der Waals surface area contributed by atoms with Crippen molar-refractivity contribution in [2.75, 3.05) is 13.2 Å². The number of rotatable bonds is 5. The molecule has 3 N–H and O–H groups in total. The summed E-state index contributed by atoms with van der Waals surface area (Å²) in [6.07, 6.45) is 3.00. The van der Waals surface area contributed by atoms with Crippen molar-refractivity contribution in [2.45, 2.75) is 25.3 Å². The van der Waals surface area contributed by atoms with Gasteiger partial charge in [-0.2, -0.15) is 0 Å². The first kappa shape index (κ1) is 14.1. The number of nitrogens with one attached hydrogen (secondary N) is 1. The highest BCUT2D eigenvalue weighted by molar-refractivity contribution is 6.42. The lowest BCUT2D eigenvalue weighted by Crippen LogP contribution is -2.38. The smallest absolute Gasteiger partial charge is 0.0595 e. The second-order valence-electron chi connectivity index (χ2n) is 4.78. The van der Waals surface area contributed by atoms with Crippen molar-refractivity contribution in [3.8, 4) is 0 Å². The average molecular weight is 289 g/mol. The maximum atomic E-state index is 6.01. The maximum absolute atomic E-state index is 6.01. The molecule has 1 aromatic carbocycles. The molecule has 100 valence electrons. The highest BCUT2D eigenvalue weighted by Crippen LogP contribution is 2.24. The molecule has 0 radical (unpaired) electrons. The number of benzene rings is 1. The van der Waals surface area contributed by atoms with Gasteiger partial charge in [-0.1, -0.05) is 29.3 Å². The molecule has 5 heteroatoms. The van der Waals surface area contributed by atoms with Crippen molar-refractivity contribution in [1.82, 2.24) is 5.43 Å². The van der Waals surface area contributed by atoms with Gasteiger partial charge >= 0.3 is 0 Å². The Hall–Kier alpha value is -0.320. The van der Waals surface area contributed by atoms with Crippen LogP contribution in [0, 0.1) is 5.92 Å². The summed E-state index contributed by atoms with van der Waals surface area (Å²) < 4.78 is 5.38. The standard InChI is InChI=1S/C13H18Cl2N2O/c14-12-2-1-9(7-13(12)15)5-11(17-16)6-10-3-4-18-8-10/h1-2,7,10-11,17H,3-6,8,16H2. The highest BCUT2D eigenvalue weighted by Gasteiger charge is 2.20. The first-order valence-electron chi connectivity index (χ1n) is 6.17. The van der Waals surface area contributed by atoms with E-state index in [-0.39, 0.29) is 6.04 Å². The number of hydrogen-bond acceptors (Lipinski definition) is 3. The molecule has 2 atom stereocenters. The van der Waals surface area contributed by atoms with E-state index in [4.69, 9.17) is 33.8 Å². The third kappa shape index (κ3) is 3.84. The van der Waals surface area contributed by atoms with Crippen molar-refractivity contribution in [2.24, 2.45) is 11.8 Å². The lowest BCUT2D eigenvalue weighted by Gasteiger charge is -2.19. The van der Waals surface area contributed by atoms with Crippen molar-refractivity contribution in [3.63, 3.8) is 0 Å². The maximum Gasteiger partial charge on any atom is 0.0595 e. The zero-order valence-corrected chi connectivity index (χ0v) is 11.7. The monoisotopic (exact) mass is 288 g/mol. The topological polar surface area (TPSA) is 47.3 Å². The summed E-state index contributed by atoms with van der Waals surface area (Å²) in [6, 6.07) is 5.96. The molecule has 1 saturated heterocycles. The molecule has 1 aliphatic rings. The van der Waals surface area contributed by atoms with Crippen molar-refractivity contribution >= 4 is 23.2 Å². The molecule has 2 unspecified atom stereocenters. The summed E-state index contributed by atoms with van der Waals surface area (Å²) in [5, 5.41) is 1.18. The largest absolute Gasteiger partial charge is 0.381 e. The Bertz CT molecular complexity index is 395. The number of halogens is 2. The highest BCUT2D eigenvalue weighted by atomic mass is 35.5. The van der Waals surface area contributed by atoms with Crippen LogP contribution in [0.5, 0.6) is 0 Å². The Morgan fingerprint density at radius 3 is 2.83 bits per heavy atom. The fourth-order valence-corrected chi connectivity index (χ4v) is 2.65. The van der Waals surface area contributed by atoms with E-state index in [0.29, 0.717) is 16.0 Å². The van der Waals surface area contributed by atoms with Crippen LogP contribution in [-0.2, 0) is 11.2 Å². The quantitative estimate of drug-likeness (QED) is 0.647. The van der Waals surface area contributed by atoms with Crippen LogP contribution in [0.2, 0.25) is 10.0 Å². The van der Waals surface area contributed by atoms with Gasteiger partial charge in [0.2, 0.25) is 0 Å². The van der Waals surface area contributed by atoms with Crippen molar-refractivity contribution in [3.05, 3.63) is 33.8 Å². The lowest BCUT2D eigenvalue weighted by molar-refractivity contribution is 0.181. The first-order chi connectivity index (χ1) is 8.69. The zero-order valence-electron chi connectivity index (χ0n) is 10.2. The summed E-state index contributed by atoms with van der Waals surface area (Å²) in [4.78, 5) is 0. The normalized spacial score (nSPS) is 21.2. The van der Waals surface area contributed by atoms with Crippen LogP contribution in [0.25, 0.3) is 0 Å². The second-order valence-corrected chi connectivity index (χ2v) is 5.60. The van der Waals surface area contributed by atoms with Crippen LogP contribution in [0.15, 0.2) is 18.2 Å². The molecule has 0 aromatic heterocycles. The van der Waals surface area contributed by atoms with Crippen molar-refractivity contribution in [1.29, 1.82) is 0 Å². The Labute approximate surface area is 118 Å². The molecular formula is C13H18Cl2N2O. The van der Waals surface area contributed by atoms with Crippen LogP contribution < -0.4 is 11.3 Å². The molecule has 0 amide bonds. The summed E-state index contributed by atoms with van der Waals surface area (Å²) >= 11 is 11.9. The summed E-state index contributed by atoms with van der Waals surface area (Å²) in [5.41, 5.74) is 4.02. The molecule has 1 aromatic rings. The average Bonchev–Trinajstić information content (AvgIpc) is 2.86. The first-order valence-corrected chi connectivity index (χ1v) is 6.92. The van der Waals surface area contributed by atoms with Gasteiger partial charge in [0.15, 0.2) is 0 Å². The fourth-order valence-electron chi connectivity index (χ4n) is 2.33. The molecule has 0 saturated carbocycles. The number of hydrogen-bond donors (Lipinski definition) is 2. The Balaban J connectivity index is 1.94. The van der Waals surface area contributed by atoms with Crippen LogP contribution in [0.3, 0.4) is 0 Å². The van der Waals surface area contributed by atoms with Crippen LogP contribution in [0.4, 0.5) is 0 Å². The van der Waals surface area contributed by atoms with Crippen LogP contribution >= 0.6 is 23.2 Å². The van der Waals surface area contributed by atoms with Gasteiger partial charge in [-0.25, -0.2) is 0 Å². The Kier molecular flexibility index (Phi) is 5.27. The van der Waals surface area contributed by atoms with Gasteiger partial charge in [-0.3, -0.25) is 11.3 Å². The Morgan fingerprint density at radius 1 is 1.39 bits per heavy atom. The summed E-state index contributed by atoms with van der Waals surface area (Å²) in [6.45, 7) is 1.72. The van der Waals surface area contributed by atoms with Crippen LogP contribution in [0.1, 0.15) is 18.4 Å². The third-order valence-electron chi connectivity index (χ3n) is 3.34. The number of nitrogens with two attached hydrogens (primary N) is 1. The van der Waals surface area contributed by atoms with E-state index < -0.39 is 0 Å². The summed E-state index contributed by atoms with van der Waals surface area (Å²) in [5.74, 6) is 6.22. The third-order valence-corrected chi connectivity index (χ3v) is 4.08. The van der Waals surface area contributed by atoms with Gasteiger partial charge in [0.1, 0.15) is 0 Å². The molecule has 1 heterocycles. The molecule has 0 aliphatic carbocycles. The molecular weight excluding hydrogens is 271 g/mol. The minimum Gasteiger partial charge on any atom is -0.381 e. The van der Waals surface area contributed by atoms with Gasteiger partial charge in [0, 0.05) is 19.3 Å². The van der Waals surface area contributed by atoms with Crippen molar-refractivity contribution < 1.29 is 4.74 Å².